The summed E-state index contributed by atoms with van der Waals surface area (Å²) >= 11 is 0. The van der Waals surface area contributed by atoms with Crippen molar-refractivity contribution >= 4 is 35.8 Å². The van der Waals surface area contributed by atoms with Gasteiger partial charge in [-0.15, -0.1) is 24.0 Å². The second-order valence-electron chi connectivity index (χ2n) is 7.17. The zero-order valence-electron chi connectivity index (χ0n) is 17.8. The number of anilines is 1. The van der Waals surface area contributed by atoms with Gasteiger partial charge >= 0.3 is 0 Å². The van der Waals surface area contributed by atoms with Crippen molar-refractivity contribution in [2.45, 2.75) is 19.9 Å². The van der Waals surface area contributed by atoms with E-state index in [-0.39, 0.29) is 29.8 Å². The third-order valence-electron chi connectivity index (χ3n) is 5.26. The Kier molecular flexibility index (Phi) is 10.3. The lowest BCUT2D eigenvalue weighted by molar-refractivity contribution is 0.270. The predicted octanol–water partition coefficient (Wildman–Crippen LogP) is 2.89. The predicted molar refractivity (Wildman–Crippen MR) is 132 cm³/mol. The Balaban J connectivity index is 0.00000320. The van der Waals surface area contributed by atoms with Gasteiger partial charge < -0.3 is 20.4 Å². The molecule has 6 nitrogen and oxygen atoms in total. The third kappa shape index (κ3) is 7.39. The normalized spacial score (nSPS) is 14.9. The molecule has 0 radical (unpaired) electrons. The Bertz CT molecular complexity index is 790. The number of halogens is 2. The molecule has 1 aromatic carbocycles. The van der Waals surface area contributed by atoms with E-state index in [1.807, 2.05) is 24.4 Å². The maximum absolute atomic E-state index is 13.0. The molecule has 1 saturated heterocycles. The first-order valence-corrected chi connectivity index (χ1v) is 10.3. The van der Waals surface area contributed by atoms with Crippen LogP contribution in [0.25, 0.3) is 0 Å². The zero-order valence-corrected chi connectivity index (χ0v) is 20.1. The fraction of sp³-hybridized carbons (Fsp3) is 0.455. The van der Waals surface area contributed by atoms with Gasteiger partial charge in [-0.3, -0.25) is 4.99 Å². The molecule has 30 heavy (non-hydrogen) atoms. The number of pyridine rings is 1. The highest BCUT2D eigenvalue weighted by Gasteiger charge is 2.16. The lowest BCUT2D eigenvalue weighted by Gasteiger charge is -2.34. The molecule has 8 heteroatoms. The van der Waals surface area contributed by atoms with Crippen molar-refractivity contribution in [1.29, 1.82) is 0 Å². The van der Waals surface area contributed by atoms with Crippen LogP contribution in [0.3, 0.4) is 0 Å². The van der Waals surface area contributed by atoms with Crippen LogP contribution in [0.2, 0.25) is 0 Å². The summed E-state index contributed by atoms with van der Waals surface area (Å²) in [5.74, 6) is 1.59. The third-order valence-corrected chi connectivity index (χ3v) is 5.26. The van der Waals surface area contributed by atoms with Crippen molar-refractivity contribution in [1.82, 2.24) is 20.5 Å². The minimum atomic E-state index is -0.205. The second-order valence-corrected chi connectivity index (χ2v) is 7.17. The Labute approximate surface area is 196 Å². The van der Waals surface area contributed by atoms with Gasteiger partial charge in [0.25, 0.3) is 0 Å². The lowest BCUT2D eigenvalue weighted by Crippen LogP contribution is -2.46. The summed E-state index contributed by atoms with van der Waals surface area (Å²) in [6.45, 7) is 8.94. The van der Waals surface area contributed by atoms with E-state index in [1.54, 1.807) is 7.05 Å². The first-order valence-electron chi connectivity index (χ1n) is 10.3. The number of rotatable bonds is 7. The number of likely N-dealkylation sites (N-methyl/N-ethyl adjacent to an activating group) is 1. The highest BCUT2D eigenvalue weighted by molar-refractivity contribution is 14.0. The molecule has 0 unspecified atom stereocenters. The minimum Gasteiger partial charge on any atom is -0.356 e. The SMILES string of the molecule is CCN1CCN(c2cc(CNC(=NC)NCCc3ccc(F)cc3)ccn2)CC1.I. The average molecular weight is 526 g/mol. The molecule has 2 aromatic rings. The van der Waals surface area contributed by atoms with Crippen LogP contribution in [0.1, 0.15) is 18.1 Å². The molecule has 1 aliphatic heterocycles. The van der Waals surface area contributed by atoms with Crippen molar-refractivity contribution in [3.05, 3.63) is 59.5 Å². The summed E-state index contributed by atoms with van der Waals surface area (Å²) in [7, 11) is 1.76. The first-order chi connectivity index (χ1) is 14.2. The molecular weight excluding hydrogens is 494 g/mol. The fourth-order valence-electron chi connectivity index (χ4n) is 3.42. The van der Waals surface area contributed by atoms with Gasteiger partial charge in [0.15, 0.2) is 5.96 Å². The molecule has 0 aliphatic carbocycles. The number of aromatic nitrogens is 1. The van der Waals surface area contributed by atoms with Crippen LogP contribution in [0.4, 0.5) is 10.2 Å². The van der Waals surface area contributed by atoms with Gasteiger partial charge in [0.1, 0.15) is 11.6 Å². The number of hydrogen-bond donors (Lipinski definition) is 2. The van der Waals surface area contributed by atoms with E-state index in [9.17, 15) is 4.39 Å². The van der Waals surface area contributed by atoms with E-state index in [0.29, 0.717) is 6.54 Å². The fourth-order valence-corrected chi connectivity index (χ4v) is 3.42. The first kappa shape index (κ1) is 24.3. The summed E-state index contributed by atoms with van der Waals surface area (Å²) in [6.07, 6.45) is 2.69. The highest BCUT2D eigenvalue weighted by Crippen LogP contribution is 2.15. The van der Waals surface area contributed by atoms with Gasteiger partial charge in [-0.05, 0) is 48.4 Å². The van der Waals surface area contributed by atoms with Crippen molar-refractivity contribution in [3.63, 3.8) is 0 Å². The van der Waals surface area contributed by atoms with Crippen LogP contribution < -0.4 is 15.5 Å². The zero-order chi connectivity index (χ0) is 20.5. The number of benzene rings is 1. The van der Waals surface area contributed by atoms with Crippen molar-refractivity contribution in [2.24, 2.45) is 4.99 Å². The summed E-state index contributed by atoms with van der Waals surface area (Å²) < 4.78 is 13.0. The minimum absolute atomic E-state index is 0. The quantitative estimate of drug-likeness (QED) is 0.330. The van der Waals surface area contributed by atoms with E-state index < -0.39 is 0 Å². The van der Waals surface area contributed by atoms with E-state index in [2.05, 4.69) is 43.4 Å². The lowest BCUT2D eigenvalue weighted by atomic mass is 10.1. The van der Waals surface area contributed by atoms with E-state index >= 15 is 0 Å². The van der Waals surface area contributed by atoms with Crippen molar-refractivity contribution < 1.29 is 4.39 Å². The van der Waals surface area contributed by atoms with E-state index in [1.165, 1.54) is 17.7 Å². The van der Waals surface area contributed by atoms with Gasteiger partial charge in [0.05, 0.1) is 0 Å². The van der Waals surface area contributed by atoms with Gasteiger partial charge in [-0.25, -0.2) is 9.37 Å². The maximum atomic E-state index is 13.0. The van der Waals surface area contributed by atoms with Gasteiger partial charge in [0.2, 0.25) is 0 Å². The molecule has 0 spiro atoms. The van der Waals surface area contributed by atoms with Crippen LogP contribution >= 0.6 is 24.0 Å². The summed E-state index contributed by atoms with van der Waals surface area (Å²) in [6, 6.07) is 10.8. The average Bonchev–Trinajstić information content (AvgIpc) is 2.77. The summed E-state index contributed by atoms with van der Waals surface area (Å²) in [5.41, 5.74) is 2.27. The van der Waals surface area contributed by atoms with Crippen LogP contribution in [-0.2, 0) is 13.0 Å². The topological polar surface area (TPSA) is 55.8 Å². The largest absolute Gasteiger partial charge is 0.356 e. The number of hydrogen-bond acceptors (Lipinski definition) is 4. The van der Waals surface area contributed by atoms with Gasteiger partial charge in [0, 0.05) is 52.5 Å². The Hall–Kier alpha value is -1.94. The van der Waals surface area contributed by atoms with Gasteiger partial charge in [-0.1, -0.05) is 19.1 Å². The van der Waals surface area contributed by atoms with E-state index in [0.717, 1.165) is 63.0 Å². The Morgan fingerprint density at radius 2 is 1.80 bits per heavy atom. The molecule has 3 rings (SSSR count). The van der Waals surface area contributed by atoms with Crippen molar-refractivity contribution in [3.8, 4) is 0 Å². The number of nitrogens with one attached hydrogen (secondary N) is 2. The molecular formula is C22H32FIN6. The molecule has 0 bridgehead atoms. The van der Waals surface area contributed by atoms with Crippen LogP contribution in [-0.4, -0.2) is 62.2 Å². The highest BCUT2D eigenvalue weighted by atomic mass is 127. The molecule has 1 fully saturated rings. The smallest absolute Gasteiger partial charge is 0.191 e. The molecule has 2 N–H and O–H groups in total. The van der Waals surface area contributed by atoms with Crippen LogP contribution in [0.15, 0.2) is 47.6 Å². The van der Waals surface area contributed by atoms with Crippen molar-refractivity contribution in [2.75, 3.05) is 51.2 Å². The molecule has 0 amide bonds. The number of nitrogens with zero attached hydrogens (tertiary/aromatic N) is 4. The molecule has 164 valence electrons. The van der Waals surface area contributed by atoms with Crippen LogP contribution in [0.5, 0.6) is 0 Å². The summed E-state index contributed by atoms with van der Waals surface area (Å²) in [5, 5.41) is 6.66. The van der Waals surface area contributed by atoms with Crippen LogP contribution in [0, 0.1) is 5.82 Å². The Morgan fingerprint density at radius 3 is 2.47 bits per heavy atom. The summed E-state index contributed by atoms with van der Waals surface area (Å²) in [4.78, 5) is 13.7. The monoisotopic (exact) mass is 526 g/mol. The molecule has 1 aliphatic rings. The van der Waals surface area contributed by atoms with E-state index in [4.69, 9.17) is 0 Å². The second kappa shape index (κ2) is 12.7. The molecule has 0 atom stereocenters. The molecule has 2 heterocycles. The maximum Gasteiger partial charge on any atom is 0.191 e. The standard InChI is InChI=1S/C22H31FN6.HI/c1-3-28-12-14-29(15-13-28)21-16-19(9-10-25-21)17-27-22(24-2)26-11-8-18-4-6-20(23)7-5-18;/h4-7,9-10,16H,3,8,11-15,17H2,1-2H3,(H2,24,26,27);1H. The number of aliphatic imine (C=N–C) groups is 1. The molecule has 0 saturated carbocycles. The molecule has 1 aromatic heterocycles. The Morgan fingerprint density at radius 1 is 1.07 bits per heavy atom. The van der Waals surface area contributed by atoms with Gasteiger partial charge in [-0.2, -0.15) is 0 Å². The number of piperazine rings is 1. The number of guanidine groups is 1.